The monoisotopic (exact) mass is 142 g/mol. The first-order valence-corrected chi connectivity index (χ1v) is 3.95. The number of hydrogen-bond acceptors (Lipinski definition) is 2. The maximum absolute atomic E-state index is 4.34. The first-order valence-electron chi connectivity index (χ1n) is 3.95. The van der Waals surface area contributed by atoms with Crippen molar-refractivity contribution in [3.05, 3.63) is 0 Å². The smallest absolute Gasteiger partial charge is 0.0349 e. The lowest BCUT2D eigenvalue weighted by atomic mass is 10.2. The normalized spacial score (nSPS) is 11.8. The van der Waals surface area contributed by atoms with Crippen molar-refractivity contribution in [2.75, 3.05) is 13.6 Å². The molecule has 60 valence electrons. The first-order chi connectivity index (χ1) is 4.70. The fourth-order valence-electron chi connectivity index (χ4n) is 0.774. The number of hydrazone groups is 1. The van der Waals surface area contributed by atoms with Crippen LogP contribution in [0.5, 0.6) is 0 Å². The topological polar surface area (TPSA) is 15.6 Å². The van der Waals surface area contributed by atoms with E-state index in [-0.39, 0.29) is 0 Å². The fourth-order valence-corrected chi connectivity index (χ4v) is 0.774. The molecule has 0 aliphatic heterocycles. The van der Waals surface area contributed by atoms with E-state index in [1.54, 1.807) is 0 Å². The maximum atomic E-state index is 4.34. The molecule has 0 N–H and O–H groups in total. The number of hydrogen-bond donors (Lipinski definition) is 0. The van der Waals surface area contributed by atoms with Crippen LogP contribution in [0.1, 0.15) is 33.6 Å². The van der Waals surface area contributed by atoms with Gasteiger partial charge in [0.05, 0.1) is 0 Å². The summed E-state index contributed by atoms with van der Waals surface area (Å²) in [6, 6.07) is 0. The van der Waals surface area contributed by atoms with E-state index in [0.29, 0.717) is 0 Å². The van der Waals surface area contributed by atoms with E-state index in [1.165, 1.54) is 12.1 Å². The van der Waals surface area contributed by atoms with Crippen LogP contribution in [-0.4, -0.2) is 24.3 Å². The lowest BCUT2D eigenvalue weighted by molar-refractivity contribution is 0.374. The second-order valence-electron chi connectivity index (χ2n) is 2.56. The van der Waals surface area contributed by atoms with Gasteiger partial charge in [-0.05, 0) is 20.3 Å². The van der Waals surface area contributed by atoms with Crippen molar-refractivity contribution in [2.24, 2.45) is 5.10 Å². The highest BCUT2D eigenvalue weighted by Crippen LogP contribution is 1.93. The molecule has 0 atom stereocenters. The summed E-state index contributed by atoms with van der Waals surface area (Å²) in [6.07, 6.45) is 2.30. The zero-order valence-electron chi connectivity index (χ0n) is 7.52. The summed E-state index contributed by atoms with van der Waals surface area (Å²) in [6.45, 7) is 7.34. The van der Waals surface area contributed by atoms with Crippen molar-refractivity contribution in [2.45, 2.75) is 33.6 Å². The molecule has 0 spiro atoms. The number of nitrogens with zero attached hydrogens (tertiary/aromatic N) is 2. The number of rotatable bonds is 4. The minimum absolute atomic E-state index is 0.987. The molecular formula is C8H18N2. The molecule has 0 amide bonds. The molecule has 0 radical (unpaired) electrons. The Kier molecular flexibility index (Phi) is 4.99. The molecule has 0 fully saturated rings. The SMILES string of the molecule is CCC/C(C)=N\N(C)CC. The molecule has 0 bridgehead atoms. The molecule has 0 aliphatic rings. The van der Waals surface area contributed by atoms with Crippen LogP contribution in [0.2, 0.25) is 0 Å². The van der Waals surface area contributed by atoms with Gasteiger partial charge in [-0.3, -0.25) is 0 Å². The minimum atomic E-state index is 0.987. The summed E-state index contributed by atoms with van der Waals surface area (Å²) in [5.41, 5.74) is 1.23. The molecule has 0 aromatic carbocycles. The maximum Gasteiger partial charge on any atom is 0.0349 e. The van der Waals surface area contributed by atoms with E-state index < -0.39 is 0 Å². The van der Waals surface area contributed by atoms with E-state index in [9.17, 15) is 0 Å². The van der Waals surface area contributed by atoms with Gasteiger partial charge in [-0.25, -0.2) is 0 Å². The Hall–Kier alpha value is -0.530. The van der Waals surface area contributed by atoms with Crippen LogP contribution in [0.15, 0.2) is 5.10 Å². The first kappa shape index (κ1) is 9.47. The van der Waals surface area contributed by atoms with Crippen LogP contribution in [0.4, 0.5) is 0 Å². The summed E-state index contributed by atoms with van der Waals surface area (Å²) >= 11 is 0. The summed E-state index contributed by atoms with van der Waals surface area (Å²) in [5, 5.41) is 6.30. The third kappa shape index (κ3) is 4.36. The quantitative estimate of drug-likeness (QED) is 0.433. The van der Waals surface area contributed by atoms with Crippen molar-refractivity contribution < 1.29 is 0 Å². The van der Waals surface area contributed by atoms with Crippen LogP contribution in [0, 0.1) is 0 Å². The molecule has 0 saturated heterocycles. The Morgan fingerprint density at radius 1 is 1.40 bits per heavy atom. The molecule has 0 aromatic heterocycles. The Balaban J connectivity index is 3.65. The fraction of sp³-hybridized carbons (Fsp3) is 0.875. The van der Waals surface area contributed by atoms with Crippen molar-refractivity contribution >= 4 is 5.71 Å². The van der Waals surface area contributed by atoms with E-state index in [4.69, 9.17) is 0 Å². The predicted molar refractivity (Wildman–Crippen MR) is 46.3 cm³/mol. The molecule has 10 heavy (non-hydrogen) atoms. The van der Waals surface area contributed by atoms with Gasteiger partial charge >= 0.3 is 0 Å². The Morgan fingerprint density at radius 3 is 2.40 bits per heavy atom. The summed E-state index contributed by atoms with van der Waals surface area (Å²) in [7, 11) is 2.00. The summed E-state index contributed by atoms with van der Waals surface area (Å²) in [5.74, 6) is 0. The summed E-state index contributed by atoms with van der Waals surface area (Å²) < 4.78 is 0. The molecule has 0 unspecified atom stereocenters. The van der Waals surface area contributed by atoms with E-state index >= 15 is 0 Å². The third-order valence-electron chi connectivity index (χ3n) is 1.41. The van der Waals surface area contributed by atoms with Crippen LogP contribution in [0.25, 0.3) is 0 Å². The highest BCUT2D eigenvalue weighted by molar-refractivity contribution is 5.81. The molecular weight excluding hydrogens is 124 g/mol. The molecule has 0 heterocycles. The van der Waals surface area contributed by atoms with E-state index in [1.807, 2.05) is 12.1 Å². The highest BCUT2D eigenvalue weighted by atomic mass is 15.4. The van der Waals surface area contributed by atoms with Crippen molar-refractivity contribution in [1.82, 2.24) is 5.01 Å². The van der Waals surface area contributed by atoms with Crippen molar-refractivity contribution in [3.8, 4) is 0 Å². The molecule has 0 aromatic rings. The zero-order valence-corrected chi connectivity index (χ0v) is 7.52. The molecule has 0 saturated carbocycles. The van der Waals surface area contributed by atoms with Gasteiger partial charge < -0.3 is 5.01 Å². The van der Waals surface area contributed by atoms with Gasteiger partial charge in [0, 0.05) is 19.3 Å². The second-order valence-corrected chi connectivity index (χ2v) is 2.56. The van der Waals surface area contributed by atoms with Crippen LogP contribution < -0.4 is 0 Å². The van der Waals surface area contributed by atoms with E-state index in [2.05, 4.69) is 25.9 Å². The van der Waals surface area contributed by atoms with Gasteiger partial charge in [-0.2, -0.15) is 5.10 Å². The van der Waals surface area contributed by atoms with Crippen LogP contribution in [-0.2, 0) is 0 Å². The van der Waals surface area contributed by atoms with Gasteiger partial charge in [-0.1, -0.05) is 13.3 Å². The Morgan fingerprint density at radius 2 is 2.00 bits per heavy atom. The average molecular weight is 142 g/mol. The zero-order chi connectivity index (χ0) is 7.98. The van der Waals surface area contributed by atoms with E-state index in [0.717, 1.165) is 13.0 Å². The van der Waals surface area contributed by atoms with Crippen molar-refractivity contribution in [3.63, 3.8) is 0 Å². The van der Waals surface area contributed by atoms with Crippen molar-refractivity contribution in [1.29, 1.82) is 0 Å². The highest BCUT2D eigenvalue weighted by Gasteiger charge is 1.90. The van der Waals surface area contributed by atoms with Gasteiger partial charge in [0.2, 0.25) is 0 Å². The van der Waals surface area contributed by atoms with Gasteiger partial charge in [0.15, 0.2) is 0 Å². The minimum Gasteiger partial charge on any atom is -0.300 e. The second kappa shape index (κ2) is 5.27. The standard InChI is InChI=1S/C8H18N2/c1-5-7-8(3)9-10(4)6-2/h5-7H2,1-4H3/b9-8-. The lowest BCUT2D eigenvalue weighted by Gasteiger charge is -2.10. The molecule has 2 heteroatoms. The van der Waals surface area contributed by atoms with Gasteiger partial charge in [0.25, 0.3) is 0 Å². The van der Waals surface area contributed by atoms with Crippen LogP contribution in [0.3, 0.4) is 0 Å². The lowest BCUT2D eigenvalue weighted by Crippen LogP contribution is -2.11. The average Bonchev–Trinajstić information content (AvgIpc) is 1.88. The van der Waals surface area contributed by atoms with Crippen LogP contribution >= 0.6 is 0 Å². The Labute approximate surface area is 63.9 Å². The predicted octanol–water partition coefficient (Wildman–Crippen LogP) is 2.11. The van der Waals surface area contributed by atoms with Gasteiger partial charge in [-0.15, -0.1) is 0 Å². The third-order valence-corrected chi connectivity index (χ3v) is 1.41. The molecule has 0 rings (SSSR count). The molecule has 0 aliphatic carbocycles. The molecule has 2 nitrogen and oxygen atoms in total. The Bertz CT molecular complexity index is 108. The largest absolute Gasteiger partial charge is 0.300 e. The van der Waals surface area contributed by atoms with Gasteiger partial charge in [0.1, 0.15) is 0 Å². The summed E-state index contributed by atoms with van der Waals surface area (Å²) in [4.78, 5) is 0.